The predicted octanol–water partition coefficient (Wildman–Crippen LogP) is 3.26. The monoisotopic (exact) mass is 227 g/mol. The number of benzene rings is 1. The molecule has 78 valence electrons. The van der Waals surface area contributed by atoms with E-state index in [1.54, 1.807) is 23.6 Å². The predicted molar refractivity (Wildman–Crippen MR) is 67.9 cm³/mol. The Labute approximate surface area is 96.2 Å². The fraction of sp³-hybridized carbons (Fsp3) is 0. The van der Waals surface area contributed by atoms with E-state index in [0.717, 1.165) is 5.56 Å². The molecule has 3 aromatic rings. The van der Waals surface area contributed by atoms with Crippen LogP contribution < -0.4 is 5.56 Å². The molecule has 0 aliphatic heterocycles. The van der Waals surface area contributed by atoms with Crippen LogP contribution in [0.5, 0.6) is 0 Å². The molecule has 0 radical (unpaired) electrons. The van der Waals surface area contributed by atoms with Gasteiger partial charge in [-0.1, -0.05) is 18.2 Å². The molecule has 0 saturated heterocycles. The maximum Gasteiger partial charge on any atom is 0.247 e. The summed E-state index contributed by atoms with van der Waals surface area (Å²) in [6.45, 7) is 0. The van der Waals surface area contributed by atoms with Crippen molar-refractivity contribution in [3.8, 4) is 10.4 Å². The summed E-state index contributed by atoms with van der Waals surface area (Å²) in [4.78, 5) is 14.8. The number of hydrogen-bond acceptors (Lipinski definition) is 2. The molecule has 0 unspecified atom stereocenters. The number of pyridine rings is 1. The Morgan fingerprint density at radius 3 is 2.69 bits per heavy atom. The van der Waals surface area contributed by atoms with E-state index < -0.39 is 0 Å². The second kappa shape index (κ2) is 3.61. The first-order valence-electron chi connectivity index (χ1n) is 5.01. The summed E-state index contributed by atoms with van der Waals surface area (Å²) in [5, 5.41) is 1.24. The van der Waals surface area contributed by atoms with Crippen LogP contribution in [0.2, 0.25) is 0 Å². The SMILES string of the molecule is O=c1ccc(-c2cc3ccccc3s2)c[nH]1. The van der Waals surface area contributed by atoms with Crippen molar-refractivity contribution < 1.29 is 0 Å². The zero-order valence-electron chi connectivity index (χ0n) is 8.44. The molecule has 0 saturated carbocycles. The molecule has 0 fully saturated rings. The first-order valence-corrected chi connectivity index (χ1v) is 5.82. The van der Waals surface area contributed by atoms with Crippen LogP contribution in [0.15, 0.2) is 53.5 Å². The van der Waals surface area contributed by atoms with Gasteiger partial charge in [0.05, 0.1) is 0 Å². The largest absolute Gasteiger partial charge is 0.328 e. The highest BCUT2D eigenvalue weighted by Gasteiger charge is 2.03. The van der Waals surface area contributed by atoms with Gasteiger partial charge < -0.3 is 4.98 Å². The van der Waals surface area contributed by atoms with E-state index in [1.807, 2.05) is 18.2 Å². The molecule has 0 amide bonds. The van der Waals surface area contributed by atoms with Crippen molar-refractivity contribution in [2.24, 2.45) is 0 Å². The molecule has 2 heterocycles. The van der Waals surface area contributed by atoms with Gasteiger partial charge in [-0.2, -0.15) is 0 Å². The van der Waals surface area contributed by atoms with Crippen molar-refractivity contribution in [3.05, 3.63) is 59.0 Å². The highest BCUT2D eigenvalue weighted by atomic mass is 32.1. The van der Waals surface area contributed by atoms with Gasteiger partial charge in [0.25, 0.3) is 0 Å². The third kappa shape index (κ3) is 1.55. The van der Waals surface area contributed by atoms with Gasteiger partial charge >= 0.3 is 0 Å². The van der Waals surface area contributed by atoms with Crippen molar-refractivity contribution in [2.45, 2.75) is 0 Å². The van der Waals surface area contributed by atoms with Crippen LogP contribution in [0.1, 0.15) is 0 Å². The van der Waals surface area contributed by atoms with Gasteiger partial charge in [-0.05, 0) is 23.6 Å². The number of hydrogen-bond donors (Lipinski definition) is 1. The van der Waals surface area contributed by atoms with Crippen molar-refractivity contribution >= 4 is 21.4 Å². The van der Waals surface area contributed by atoms with Crippen LogP contribution in [0.4, 0.5) is 0 Å². The highest BCUT2D eigenvalue weighted by molar-refractivity contribution is 7.22. The number of nitrogens with one attached hydrogen (secondary N) is 1. The number of H-pyrrole nitrogens is 1. The quantitative estimate of drug-likeness (QED) is 0.680. The second-order valence-electron chi connectivity index (χ2n) is 3.59. The summed E-state index contributed by atoms with van der Waals surface area (Å²) >= 11 is 1.73. The molecule has 16 heavy (non-hydrogen) atoms. The Bertz CT molecular complexity index is 643. The van der Waals surface area contributed by atoms with Crippen molar-refractivity contribution in [2.75, 3.05) is 0 Å². The van der Waals surface area contributed by atoms with Crippen LogP contribution in [0, 0.1) is 0 Å². The van der Waals surface area contributed by atoms with E-state index in [9.17, 15) is 4.79 Å². The number of fused-ring (bicyclic) bond motifs is 1. The minimum absolute atomic E-state index is 0.0649. The van der Waals surface area contributed by atoms with Crippen LogP contribution in [0.25, 0.3) is 20.5 Å². The average molecular weight is 227 g/mol. The molecule has 3 rings (SSSR count). The lowest BCUT2D eigenvalue weighted by Gasteiger charge is -1.93. The zero-order chi connectivity index (χ0) is 11.0. The fourth-order valence-electron chi connectivity index (χ4n) is 1.69. The summed E-state index contributed by atoms with van der Waals surface area (Å²) in [5.41, 5.74) is 0.991. The maximum atomic E-state index is 11.0. The lowest BCUT2D eigenvalue weighted by atomic mass is 10.2. The van der Waals surface area contributed by atoms with Crippen LogP contribution in [0.3, 0.4) is 0 Å². The van der Waals surface area contributed by atoms with Gasteiger partial charge in [-0.3, -0.25) is 4.79 Å². The van der Waals surface area contributed by atoms with E-state index in [-0.39, 0.29) is 5.56 Å². The van der Waals surface area contributed by atoms with E-state index in [0.29, 0.717) is 0 Å². The second-order valence-corrected chi connectivity index (χ2v) is 4.67. The molecule has 2 aromatic heterocycles. The summed E-state index contributed by atoms with van der Waals surface area (Å²) in [6, 6.07) is 13.8. The van der Waals surface area contributed by atoms with Gasteiger partial charge in [0.15, 0.2) is 0 Å². The van der Waals surface area contributed by atoms with Crippen molar-refractivity contribution in [3.63, 3.8) is 0 Å². The summed E-state index contributed by atoms with van der Waals surface area (Å²) in [5.74, 6) is 0. The van der Waals surface area contributed by atoms with Gasteiger partial charge in [-0.15, -0.1) is 11.3 Å². The lowest BCUT2D eigenvalue weighted by Crippen LogP contribution is -2.00. The van der Waals surface area contributed by atoms with Gasteiger partial charge in [0.2, 0.25) is 5.56 Å². The van der Waals surface area contributed by atoms with E-state index >= 15 is 0 Å². The van der Waals surface area contributed by atoms with Gasteiger partial charge in [-0.25, -0.2) is 0 Å². The Kier molecular flexibility index (Phi) is 2.11. The molecule has 2 nitrogen and oxygen atoms in total. The van der Waals surface area contributed by atoms with E-state index in [1.165, 1.54) is 15.0 Å². The smallest absolute Gasteiger partial charge is 0.247 e. The first-order chi connectivity index (χ1) is 7.83. The molecular formula is C13H9NOS. The van der Waals surface area contributed by atoms with Gasteiger partial charge in [0.1, 0.15) is 0 Å². The molecular weight excluding hydrogens is 218 g/mol. The number of aromatic amines is 1. The number of thiophene rings is 1. The molecule has 0 atom stereocenters. The fourth-order valence-corrected chi connectivity index (χ4v) is 2.75. The zero-order valence-corrected chi connectivity index (χ0v) is 9.25. The number of rotatable bonds is 1. The molecule has 1 aromatic carbocycles. The standard InChI is InChI=1S/C13H9NOS/c15-13-6-5-10(8-14-13)12-7-9-3-1-2-4-11(9)16-12/h1-8H,(H,14,15). The lowest BCUT2D eigenvalue weighted by molar-refractivity contribution is 1.24. The minimum Gasteiger partial charge on any atom is -0.328 e. The maximum absolute atomic E-state index is 11.0. The summed E-state index contributed by atoms with van der Waals surface area (Å²) < 4.78 is 1.27. The van der Waals surface area contributed by atoms with Crippen LogP contribution >= 0.6 is 11.3 Å². The first kappa shape index (κ1) is 9.36. The summed E-state index contributed by atoms with van der Waals surface area (Å²) in [6.07, 6.45) is 1.76. The molecule has 0 aliphatic rings. The third-order valence-corrected chi connectivity index (χ3v) is 3.66. The Morgan fingerprint density at radius 1 is 1.06 bits per heavy atom. The highest BCUT2D eigenvalue weighted by Crippen LogP contribution is 2.32. The molecule has 0 aliphatic carbocycles. The Balaban J connectivity index is 2.19. The molecule has 0 bridgehead atoms. The van der Waals surface area contributed by atoms with Crippen LogP contribution in [-0.4, -0.2) is 4.98 Å². The Hall–Kier alpha value is -1.87. The van der Waals surface area contributed by atoms with Crippen molar-refractivity contribution in [1.82, 2.24) is 4.98 Å². The van der Waals surface area contributed by atoms with Crippen LogP contribution in [-0.2, 0) is 0 Å². The van der Waals surface area contributed by atoms with Gasteiger partial charge in [0, 0.05) is 27.4 Å². The Morgan fingerprint density at radius 2 is 1.94 bits per heavy atom. The third-order valence-electron chi connectivity index (χ3n) is 2.49. The van der Waals surface area contributed by atoms with E-state index in [4.69, 9.17) is 0 Å². The topological polar surface area (TPSA) is 32.9 Å². The summed E-state index contributed by atoms with van der Waals surface area (Å²) in [7, 11) is 0. The number of aromatic nitrogens is 1. The normalized spacial score (nSPS) is 10.8. The molecule has 3 heteroatoms. The molecule has 1 N–H and O–H groups in total. The molecule has 0 spiro atoms. The van der Waals surface area contributed by atoms with Crippen molar-refractivity contribution in [1.29, 1.82) is 0 Å². The minimum atomic E-state index is -0.0649. The van der Waals surface area contributed by atoms with E-state index in [2.05, 4.69) is 23.2 Å². The average Bonchev–Trinajstić information content (AvgIpc) is 2.73.